The summed E-state index contributed by atoms with van der Waals surface area (Å²) < 4.78 is 6.92. The molecule has 4 rings (SSSR count). The lowest BCUT2D eigenvalue weighted by Gasteiger charge is -2.22. The van der Waals surface area contributed by atoms with Crippen LogP contribution in [0.5, 0.6) is 0 Å². The maximum absolute atomic E-state index is 13.6. The highest BCUT2D eigenvalue weighted by atomic mass is 35.5. The van der Waals surface area contributed by atoms with Crippen molar-refractivity contribution in [3.05, 3.63) is 87.4 Å². The van der Waals surface area contributed by atoms with Crippen molar-refractivity contribution in [1.82, 2.24) is 14.5 Å². The number of fused-ring (bicyclic) bond motifs is 1. The average molecular weight is 409 g/mol. The smallest absolute Gasteiger partial charge is 0.265 e. The van der Waals surface area contributed by atoms with Gasteiger partial charge in [-0.15, -0.1) is 0 Å². The van der Waals surface area contributed by atoms with Crippen LogP contribution in [0.4, 0.5) is 5.69 Å². The van der Waals surface area contributed by atoms with E-state index in [1.807, 2.05) is 12.1 Å². The molecule has 0 spiro atoms. The first-order chi connectivity index (χ1) is 14.0. The normalized spacial score (nSPS) is 11.0. The van der Waals surface area contributed by atoms with Crippen LogP contribution in [-0.2, 0) is 13.6 Å². The number of hydrogen-bond donors (Lipinski definition) is 0. The molecule has 3 heterocycles. The van der Waals surface area contributed by atoms with Crippen LogP contribution in [0.15, 0.2) is 64.2 Å². The molecule has 4 aromatic rings. The lowest BCUT2D eigenvalue weighted by molar-refractivity contribution is 0.0984. The van der Waals surface area contributed by atoms with Gasteiger partial charge in [-0.3, -0.25) is 14.6 Å². The number of benzene rings is 1. The predicted molar refractivity (Wildman–Crippen MR) is 110 cm³/mol. The van der Waals surface area contributed by atoms with Gasteiger partial charge in [-0.05, 0) is 43.3 Å². The minimum atomic E-state index is -0.376. The molecule has 8 heteroatoms. The summed E-state index contributed by atoms with van der Waals surface area (Å²) in [5, 5.41) is 0.722. The van der Waals surface area contributed by atoms with Crippen molar-refractivity contribution in [3.63, 3.8) is 0 Å². The largest absolute Gasteiger partial charge is 0.442 e. The first-order valence-electron chi connectivity index (χ1n) is 8.88. The molecular weight excluding hydrogens is 392 g/mol. The summed E-state index contributed by atoms with van der Waals surface area (Å²) in [6, 6.07) is 12.4. The predicted octanol–water partition coefficient (Wildman–Crippen LogP) is 3.73. The molecule has 0 aliphatic carbocycles. The lowest BCUT2D eigenvalue weighted by atomic mass is 10.1. The van der Waals surface area contributed by atoms with Gasteiger partial charge < -0.3 is 13.9 Å². The number of carbonyl (C=O) groups excluding carboxylic acids is 1. The number of anilines is 1. The number of furan rings is 1. The van der Waals surface area contributed by atoms with Crippen LogP contribution in [0.2, 0.25) is 5.02 Å². The summed E-state index contributed by atoms with van der Waals surface area (Å²) in [5.41, 5.74) is 1.32. The summed E-state index contributed by atoms with van der Waals surface area (Å²) in [6.07, 6.45) is 3.03. The maximum Gasteiger partial charge on any atom is 0.265 e. The quantitative estimate of drug-likeness (QED) is 0.514. The van der Waals surface area contributed by atoms with Gasteiger partial charge in [-0.1, -0.05) is 17.7 Å². The molecule has 146 valence electrons. The SMILES string of the molecule is Cc1oc2ncn(C)c(=O)c2c1C(=O)N(Cc1ccccn1)c1ccc(Cl)cc1. The Morgan fingerprint density at radius 2 is 1.93 bits per heavy atom. The third kappa shape index (κ3) is 3.52. The van der Waals surface area contributed by atoms with Gasteiger partial charge >= 0.3 is 0 Å². The molecule has 29 heavy (non-hydrogen) atoms. The Morgan fingerprint density at radius 1 is 1.17 bits per heavy atom. The van der Waals surface area contributed by atoms with E-state index in [2.05, 4.69) is 9.97 Å². The fraction of sp³-hybridized carbons (Fsp3) is 0.143. The van der Waals surface area contributed by atoms with E-state index in [-0.39, 0.29) is 34.7 Å². The van der Waals surface area contributed by atoms with Crippen LogP contribution in [-0.4, -0.2) is 20.4 Å². The van der Waals surface area contributed by atoms with E-state index >= 15 is 0 Å². The Balaban J connectivity index is 1.87. The highest BCUT2D eigenvalue weighted by Crippen LogP contribution is 2.27. The fourth-order valence-electron chi connectivity index (χ4n) is 3.13. The maximum atomic E-state index is 13.6. The van der Waals surface area contributed by atoms with Crippen molar-refractivity contribution >= 4 is 34.3 Å². The van der Waals surface area contributed by atoms with E-state index in [9.17, 15) is 9.59 Å². The zero-order valence-corrected chi connectivity index (χ0v) is 16.6. The Hall–Kier alpha value is -3.45. The van der Waals surface area contributed by atoms with Gasteiger partial charge in [0, 0.05) is 24.0 Å². The number of rotatable bonds is 4. The topological polar surface area (TPSA) is 81.2 Å². The van der Waals surface area contributed by atoms with Gasteiger partial charge in [0.25, 0.3) is 11.5 Å². The van der Waals surface area contributed by atoms with Crippen molar-refractivity contribution in [1.29, 1.82) is 0 Å². The van der Waals surface area contributed by atoms with Crippen molar-refractivity contribution < 1.29 is 9.21 Å². The molecule has 0 saturated heterocycles. The molecule has 1 aromatic carbocycles. The minimum absolute atomic E-state index is 0.142. The molecule has 0 fully saturated rings. The molecule has 0 atom stereocenters. The van der Waals surface area contributed by atoms with Crippen LogP contribution in [0.3, 0.4) is 0 Å². The van der Waals surface area contributed by atoms with Crippen molar-refractivity contribution in [3.8, 4) is 0 Å². The molecule has 1 amide bonds. The number of amides is 1. The third-order valence-electron chi connectivity index (χ3n) is 4.59. The molecule has 0 bridgehead atoms. The van der Waals surface area contributed by atoms with Gasteiger partial charge in [0.05, 0.1) is 17.8 Å². The second kappa shape index (κ2) is 7.52. The molecule has 7 nitrogen and oxygen atoms in total. The zero-order chi connectivity index (χ0) is 20.5. The average Bonchev–Trinajstić information content (AvgIpc) is 3.07. The molecule has 3 aromatic heterocycles. The number of hydrogen-bond acceptors (Lipinski definition) is 5. The lowest BCUT2D eigenvalue weighted by Crippen LogP contribution is -2.32. The summed E-state index contributed by atoms with van der Waals surface area (Å²) in [4.78, 5) is 36.3. The standard InChI is InChI=1S/C21H17ClN4O3/c1-13-17(18-19(29-13)24-12-25(2)20(18)27)21(28)26(11-15-5-3-4-10-23-15)16-8-6-14(22)7-9-16/h3-10,12H,11H2,1-2H3. The monoisotopic (exact) mass is 408 g/mol. The molecular formula is C21H17ClN4O3. The zero-order valence-electron chi connectivity index (χ0n) is 15.8. The summed E-state index contributed by atoms with van der Waals surface area (Å²) in [7, 11) is 1.58. The van der Waals surface area contributed by atoms with E-state index in [0.717, 1.165) is 0 Å². The highest BCUT2D eigenvalue weighted by Gasteiger charge is 2.27. The number of halogens is 1. The van der Waals surface area contributed by atoms with E-state index in [1.165, 1.54) is 10.9 Å². The van der Waals surface area contributed by atoms with Crippen LogP contribution in [0.1, 0.15) is 21.8 Å². The molecule has 0 N–H and O–H groups in total. The Bertz CT molecular complexity index is 1250. The molecule has 0 unspecified atom stereocenters. The molecule has 0 aliphatic rings. The van der Waals surface area contributed by atoms with Crippen LogP contribution >= 0.6 is 11.6 Å². The van der Waals surface area contributed by atoms with E-state index in [1.54, 1.807) is 55.4 Å². The molecule has 0 aliphatic heterocycles. The fourth-order valence-corrected chi connectivity index (χ4v) is 3.26. The van der Waals surface area contributed by atoms with Crippen LogP contribution < -0.4 is 10.5 Å². The summed E-state index contributed by atoms with van der Waals surface area (Å²) in [5.74, 6) is -0.0416. The molecule has 0 saturated carbocycles. The number of aryl methyl sites for hydroxylation is 2. The summed E-state index contributed by atoms with van der Waals surface area (Å²) in [6.45, 7) is 1.86. The molecule has 0 radical (unpaired) electrons. The van der Waals surface area contributed by atoms with Gasteiger partial charge in [0.15, 0.2) is 0 Å². The number of nitrogens with zero attached hydrogens (tertiary/aromatic N) is 4. The van der Waals surface area contributed by atoms with Crippen molar-refractivity contribution in [2.45, 2.75) is 13.5 Å². The third-order valence-corrected chi connectivity index (χ3v) is 4.84. The van der Waals surface area contributed by atoms with Gasteiger partial charge in [0.2, 0.25) is 5.71 Å². The Labute approximate surface area is 171 Å². The van der Waals surface area contributed by atoms with Crippen LogP contribution in [0, 0.1) is 6.92 Å². The first-order valence-corrected chi connectivity index (χ1v) is 9.25. The minimum Gasteiger partial charge on any atom is -0.442 e. The highest BCUT2D eigenvalue weighted by molar-refractivity contribution is 6.30. The second-order valence-electron chi connectivity index (χ2n) is 6.56. The van der Waals surface area contributed by atoms with E-state index in [4.69, 9.17) is 16.0 Å². The Morgan fingerprint density at radius 3 is 2.62 bits per heavy atom. The van der Waals surface area contributed by atoms with Gasteiger partial charge in [-0.25, -0.2) is 4.98 Å². The van der Waals surface area contributed by atoms with Crippen LogP contribution in [0.25, 0.3) is 11.1 Å². The number of aromatic nitrogens is 3. The van der Waals surface area contributed by atoms with E-state index < -0.39 is 0 Å². The second-order valence-corrected chi connectivity index (χ2v) is 7.00. The van der Waals surface area contributed by atoms with Crippen molar-refractivity contribution in [2.75, 3.05) is 4.90 Å². The van der Waals surface area contributed by atoms with Crippen molar-refractivity contribution in [2.24, 2.45) is 7.05 Å². The van der Waals surface area contributed by atoms with Gasteiger partial charge in [0.1, 0.15) is 17.5 Å². The van der Waals surface area contributed by atoms with E-state index in [0.29, 0.717) is 22.2 Å². The van der Waals surface area contributed by atoms with Gasteiger partial charge in [-0.2, -0.15) is 0 Å². The Kier molecular flexibility index (Phi) is 4.90. The first kappa shape index (κ1) is 18.9. The number of pyridine rings is 1. The number of carbonyl (C=O) groups is 1. The summed E-state index contributed by atoms with van der Waals surface area (Å²) >= 11 is 6.01.